The van der Waals surface area contributed by atoms with Crippen molar-refractivity contribution < 1.29 is 23.5 Å². The number of hydrogen-bond donors (Lipinski definition) is 2. The van der Waals surface area contributed by atoms with Gasteiger partial charge in [-0.15, -0.1) is 0 Å². The van der Waals surface area contributed by atoms with E-state index in [0.29, 0.717) is 23.2 Å². The molecule has 3 aromatic rings. The van der Waals surface area contributed by atoms with Crippen LogP contribution in [0.2, 0.25) is 0 Å². The molecule has 8 nitrogen and oxygen atoms in total. The summed E-state index contributed by atoms with van der Waals surface area (Å²) < 4.78 is 20.0. The molecular formula is C24H23FN4O4S. The van der Waals surface area contributed by atoms with Crippen LogP contribution in [0.15, 0.2) is 41.1 Å². The Morgan fingerprint density at radius 2 is 1.91 bits per heavy atom. The lowest BCUT2D eigenvalue weighted by Crippen LogP contribution is -2.27. The van der Waals surface area contributed by atoms with Gasteiger partial charge in [0.1, 0.15) is 17.7 Å². The number of halogens is 1. The molecule has 3 rings (SSSR count). The van der Waals surface area contributed by atoms with Gasteiger partial charge in [0.05, 0.1) is 12.0 Å². The van der Waals surface area contributed by atoms with E-state index < -0.39 is 18.5 Å². The SMILES string of the molecule is Cc1c(C#N)c(NC(=O)COC(=O)CCNC(=O)c2ccsc2)n(Cc2ccc(F)cc2)c1C. The molecule has 0 spiro atoms. The summed E-state index contributed by atoms with van der Waals surface area (Å²) >= 11 is 1.39. The summed E-state index contributed by atoms with van der Waals surface area (Å²) in [5.41, 5.74) is 3.08. The highest BCUT2D eigenvalue weighted by atomic mass is 32.1. The molecule has 2 amide bonds. The first-order valence-electron chi connectivity index (χ1n) is 10.4. The molecule has 2 aromatic heterocycles. The van der Waals surface area contributed by atoms with Gasteiger partial charge < -0.3 is 19.9 Å². The van der Waals surface area contributed by atoms with Gasteiger partial charge in [0.25, 0.3) is 11.8 Å². The van der Waals surface area contributed by atoms with Crippen LogP contribution in [0.4, 0.5) is 10.2 Å². The van der Waals surface area contributed by atoms with Crippen molar-refractivity contribution >= 4 is 34.9 Å². The van der Waals surface area contributed by atoms with Crippen molar-refractivity contribution in [1.29, 1.82) is 5.26 Å². The molecule has 0 aliphatic carbocycles. The first-order chi connectivity index (χ1) is 16.3. The normalized spacial score (nSPS) is 10.4. The zero-order valence-corrected chi connectivity index (χ0v) is 19.5. The van der Waals surface area contributed by atoms with E-state index in [0.717, 1.165) is 11.3 Å². The van der Waals surface area contributed by atoms with Crippen LogP contribution in [0, 0.1) is 31.0 Å². The molecular weight excluding hydrogens is 459 g/mol. The molecule has 0 fully saturated rings. The molecule has 1 aromatic carbocycles. The number of hydrogen-bond acceptors (Lipinski definition) is 6. The zero-order valence-electron chi connectivity index (χ0n) is 18.7. The van der Waals surface area contributed by atoms with Crippen molar-refractivity contribution in [2.75, 3.05) is 18.5 Å². The van der Waals surface area contributed by atoms with Crippen LogP contribution in [0.25, 0.3) is 0 Å². The second kappa shape index (κ2) is 11.2. The number of carbonyl (C=O) groups excluding carboxylic acids is 3. The van der Waals surface area contributed by atoms with Crippen molar-refractivity contribution in [3.63, 3.8) is 0 Å². The van der Waals surface area contributed by atoms with E-state index >= 15 is 0 Å². The van der Waals surface area contributed by atoms with Crippen LogP contribution in [-0.2, 0) is 20.9 Å². The summed E-state index contributed by atoms with van der Waals surface area (Å²) in [6.45, 7) is 3.44. The zero-order chi connectivity index (χ0) is 24.7. The lowest BCUT2D eigenvalue weighted by molar-refractivity contribution is -0.147. The average molecular weight is 483 g/mol. The van der Waals surface area contributed by atoms with Crippen molar-refractivity contribution in [2.24, 2.45) is 0 Å². The molecule has 2 N–H and O–H groups in total. The Morgan fingerprint density at radius 1 is 1.18 bits per heavy atom. The number of ether oxygens (including phenoxy) is 1. The van der Waals surface area contributed by atoms with Crippen molar-refractivity contribution in [2.45, 2.75) is 26.8 Å². The molecule has 0 aliphatic rings. The summed E-state index contributed by atoms with van der Waals surface area (Å²) in [5.74, 6) is -1.61. The molecule has 0 radical (unpaired) electrons. The molecule has 34 heavy (non-hydrogen) atoms. The Bertz CT molecular complexity index is 1230. The summed E-state index contributed by atoms with van der Waals surface area (Å²) in [7, 11) is 0. The number of benzene rings is 1. The fourth-order valence-corrected chi connectivity index (χ4v) is 3.90. The number of nitriles is 1. The van der Waals surface area contributed by atoms with Gasteiger partial charge in [0.2, 0.25) is 0 Å². The Labute approximate surface area is 200 Å². The number of nitrogens with one attached hydrogen (secondary N) is 2. The number of nitrogens with zero attached hydrogens (tertiary/aromatic N) is 2. The Kier molecular flexibility index (Phi) is 8.16. The second-order valence-corrected chi connectivity index (χ2v) is 8.27. The molecule has 0 unspecified atom stereocenters. The van der Waals surface area contributed by atoms with Gasteiger partial charge in [-0.05, 0) is 48.6 Å². The van der Waals surface area contributed by atoms with Crippen LogP contribution in [0.3, 0.4) is 0 Å². The third kappa shape index (κ3) is 6.08. The van der Waals surface area contributed by atoms with Gasteiger partial charge in [-0.3, -0.25) is 14.4 Å². The third-order valence-electron chi connectivity index (χ3n) is 5.22. The fraction of sp³-hybridized carbons (Fsp3) is 0.250. The minimum atomic E-state index is -0.643. The van der Waals surface area contributed by atoms with E-state index in [1.165, 1.54) is 23.5 Å². The van der Waals surface area contributed by atoms with E-state index in [-0.39, 0.29) is 30.5 Å². The summed E-state index contributed by atoms with van der Waals surface area (Å²) in [6.07, 6.45) is -0.0915. The number of anilines is 1. The topological polar surface area (TPSA) is 113 Å². The minimum Gasteiger partial charge on any atom is -0.456 e. The van der Waals surface area contributed by atoms with Crippen LogP contribution in [0.1, 0.15) is 39.2 Å². The van der Waals surface area contributed by atoms with E-state index in [2.05, 4.69) is 16.7 Å². The summed E-state index contributed by atoms with van der Waals surface area (Å²) in [5, 5.41) is 18.3. The van der Waals surface area contributed by atoms with Crippen molar-refractivity contribution in [1.82, 2.24) is 9.88 Å². The van der Waals surface area contributed by atoms with Gasteiger partial charge >= 0.3 is 5.97 Å². The number of carbonyl (C=O) groups is 3. The van der Waals surface area contributed by atoms with Crippen LogP contribution >= 0.6 is 11.3 Å². The van der Waals surface area contributed by atoms with Gasteiger partial charge in [0.15, 0.2) is 6.61 Å². The number of rotatable bonds is 9. The first-order valence-corrected chi connectivity index (χ1v) is 11.3. The monoisotopic (exact) mass is 482 g/mol. The van der Waals surface area contributed by atoms with E-state index in [1.807, 2.05) is 6.92 Å². The molecule has 0 saturated carbocycles. The number of aromatic nitrogens is 1. The first kappa shape index (κ1) is 24.7. The Hall–Kier alpha value is -3.97. The molecule has 0 aliphatic heterocycles. The highest BCUT2D eigenvalue weighted by Gasteiger charge is 2.20. The largest absolute Gasteiger partial charge is 0.456 e. The quantitative estimate of drug-likeness (QED) is 0.453. The predicted molar refractivity (Wildman–Crippen MR) is 125 cm³/mol. The van der Waals surface area contributed by atoms with Crippen molar-refractivity contribution in [3.05, 3.63) is 74.9 Å². The van der Waals surface area contributed by atoms with Crippen LogP contribution in [-0.4, -0.2) is 35.5 Å². The average Bonchev–Trinajstić information content (AvgIpc) is 3.43. The molecule has 10 heteroatoms. The molecule has 0 saturated heterocycles. The maximum atomic E-state index is 13.2. The van der Waals surface area contributed by atoms with Gasteiger partial charge in [0, 0.05) is 29.7 Å². The highest BCUT2D eigenvalue weighted by molar-refractivity contribution is 7.08. The molecule has 2 heterocycles. The number of esters is 1. The maximum Gasteiger partial charge on any atom is 0.308 e. The Balaban J connectivity index is 1.57. The maximum absolute atomic E-state index is 13.2. The lowest BCUT2D eigenvalue weighted by atomic mass is 10.2. The van der Waals surface area contributed by atoms with Gasteiger partial charge in [-0.25, -0.2) is 4.39 Å². The van der Waals surface area contributed by atoms with Gasteiger partial charge in [-0.2, -0.15) is 16.6 Å². The fourth-order valence-electron chi connectivity index (χ4n) is 3.26. The van der Waals surface area contributed by atoms with Crippen LogP contribution in [0.5, 0.6) is 0 Å². The summed E-state index contributed by atoms with van der Waals surface area (Å²) in [4.78, 5) is 36.3. The molecule has 0 atom stereocenters. The predicted octanol–water partition coefficient (Wildman–Crippen LogP) is 3.53. The molecule has 0 bridgehead atoms. The van der Waals surface area contributed by atoms with E-state index in [1.54, 1.807) is 40.5 Å². The highest BCUT2D eigenvalue weighted by Crippen LogP contribution is 2.27. The van der Waals surface area contributed by atoms with E-state index in [4.69, 9.17) is 4.74 Å². The number of thiophene rings is 1. The lowest BCUT2D eigenvalue weighted by Gasteiger charge is -2.13. The van der Waals surface area contributed by atoms with E-state index in [9.17, 15) is 24.0 Å². The summed E-state index contributed by atoms with van der Waals surface area (Å²) in [6, 6.07) is 9.70. The van der Waals surface area contributed by atoms with Crippen LogP contribution < -0.4 is 10.6 Å². The smallest absolute Gasteiger partial charge is 0.308 e. The standard InChI is InChI=1S/C24H23FN4O4S/c1-15-16(2)29(12-17-3-5-19(25)6-4-17)23(20(15)11-26)28-21(30)13-33-22(31)7-9-27-24(32)18-8-10-34-14-18/h3-6,8,10,14H,7,9,12-13H2,1-2H3,(H,27,32)(H,28,30). The second-order valence-electron chi connectivity index (χ2n) is 7.49. The Morgan fingerprint density at radius 3 is 2.56 bits per heavy atom. The number of amides is 2. The van der Waals surface area contributed by atoms with Crippen molar-refractivity contribution in [3.8, 4) is 6.07 Å². The molecule has 176 valence electrons. The van der Waals surface area contributed by atoms with Gasteiger partial charge in [-0.1, -0.05) is 12.1 Å². The third-order valence-corrected chi connectivity index (χ3v) is 5.90. The minimum absolute atomic E-state index is 0.0760.